The van der Waals surface area contributed by atoms with Crippen molar-refractivity contribution in [1.29, 1.82) is 0 Å². The lowest BCUT2D eigenvalue weighted by atomic mass is 10.2. The highest BCUT2D eigenvalue weighted by atomic mass is 16.5. The zero-order valence-electron chi connectivity index (χ0n) is 12.3. The Morgan fingerprint density at radius 1 is 1.20 bits per heavy atom. The molecule has 0 aliphatic heterocycles. The maximum Gasteiger partial charge on any atom is 0.255 e. The second-order valence-corrected chi connectivity index (χ2v) is 4.27. The molecule has 0 saturated carbocycles. The van der Waals surface area contributed by atoms with E-state index in [-0.39, 0.29) is 11.8 Å². The standard InChI is InChI=1S/C15H22N2O3/c1-4-17(5-2)14(18)10-11-16-15(19)12-8-6-7-9-13(12)20-3/h6-9H,4-5,10-11H2,1-3H3,(H,16,19). The zero-order valence-corrected chi connectivity index (χ0v) is 12.3. The maximum absolute atomic E-state index is 12.0. The topological polar surface area (TPSA) is 58.6 Å². The highest BCUT2D eigenvalue weighted by Gasteiger charge is 2.13. The number of hydrogen-bond donors (Lipinski definition) is 1. The molecule has 0 bridgehead atoms. The van der Waals surface area contributed by atoms with E-state index in [9.17, 15) is 9.59 Å². The summed E-state index contributed by atoms with van der Waals surface area (Å²) in [5.74, 6) is 0.352. The molecule has 0 atom stereocenters. The van der Waals surface area contributed by atoms with Crippen molar-refractivity contribution >= 4 is 11.8 Å². The van der Waals surface area contributed by atoms with Crippen molar-refractivity contribution in [1.82, 2.24) is 10.2 Å². The molecule has 0 saturated heterocycles. The number of benzene rings is 1. The summed E-state index contributed by atoms with van der Waals surface area (Å²) in [4.78, 5) is 25.5. The smallest absolute Gasteiger partial charge is 0.255 e. The summed E-state index contributed by atoms with van der Waals surface area (Å²) in [5.41, 5.74) is 0.477. The van der Waals surface area contributed by atoms with E-state index in [1.807, 2.05) is 13.8 Å². The van der Waals surface area contributed by atoms with Crippen LogP contribution in [-0.2, 0) is 4.79 Å². The van der Waals surface area contributed by atoms with Crippen LogP contribution in [0.5, 0.6) is 5.75 Å². The first-order valence-corrected chi connectivity index (χ1v) is 6.83. The fraction of sp³-hybridized carbons (Fsp3) is 0.467. The number of carbonyl (C=O) groups is 2. The molecular formula is C15H22N2O3. The molecule has 0 spiro atoms. The van der Waals surface area contributed by atoms with Crippen LogP contribution in [0.15, 0.2) is 24.3 Å². The number of carbonyl (C=O) groups excluding carboxylic acids is 2. The molecule has 110 valence electrons. The first-order valence-electron chi connectivity index (χ1n) is 6.83. The van der Waals surface area contributed by atoms with Crippen LogP contribution in [0.2, 0.25) is 0 Å². The Bertz CT molecular complexity index is 456. The van der Waals surface area contributed by atoms with E-state index in [1.165, 1.54) is 7.11 Å². The molecule has 0 radical (unpaired) electrons. The molecule has 20 heavy (non-hydrogen) atoms. The van der Waals surface area contributed by atoms with E-state index < -0.39 is 0 Å². The minimum atomic E-state index is -0.227. The van der Waals surface area contributed by atoms with Crippen molar-refractivity contribution in [2.24, 2.45) is 0 Å². The first-order chi connectivity index (χ1) is 9.63. The van der Waals surface area contributed by atoms with E-state index in [0.29, 0.717) is 37.4 Å². The van der Waals surface area contributed by atoms with Crippen LogP contribution in [0.4, 0.5) is 0 Å². The third kappa shape index (κ3) is 4.26. The van der Waals surface area contributed by atoms with Crippen LogP contribution in [0.25, 0.3) is 0 Å². The van der Waals surface area contributed by atoms with Gasteiger partial charge in [0, 0.05) is 26.1 Å². The monoisotopic (exact) mass is 278 g/mol. The van der Waals surface area contributed by atoms with Gasteiger partial charge >= 0.3 is 0 Å². The summed E-state index contributed by atoms with van der Waals surface area (Å²) in [6.45, 7) is 5.58. The minimum Gasteiger partial charge on any atom is -0.496 e. The second-order valence-electron chi connectivity index (χ2n) is 4.27. The van der Waals surface area contributed by atoms with Crippen LogP contribution in [0.3, 0.4) is 0 Å². The van der Waals surface area contributed by atoms with Gasteiger partial charge in [-0.1, -0.05) is 12.1 Å². The molecule has 5 heteroatoms. The van der Waals surface area contributed by atoms with Gasteiger partial charge in [-0.2, -0.15) is 0 Å². The second kappa shape index (κ2) is 8.19. The molecular weight excluding hydrogens is 256 g/mol. The minimum absolute atomic E-state index is 0.0512. The predicted molar refractivity (Wildman–Crippen MR) is 77.9 cm³/mol. The van der Waals surface area contributed by atoms with E-state index in [4.69, 9.17) is 4.74 Å². The third-order valence-corrected chi connectivity index (χ3v) is 3.09. The normalized spacial score (nSPS) is 9.95. The Hall–Kier alpha value is -2.04. The van der Waals surface area contributed by atoms with Gasteiger partial charge < -0.3 is 15.0 Å². The van der Waals surface area contributed by atoms with E-state index >= 15 is 0 Å². The van der Waals surface area contributed by atoms with Crippen LogP contribution >= 0.6 is 0 Å². The van der Waals surface area contributed by atoms with Gasteiger partial charge in [-0.15, -0.1) is 0 Å². The first kappa shape index (κ1) is 16.0. The number of para-hydroxylation sites is 1. The highest BCUT2D eigenvalue weighted by molar-refractivity contribution is 5.97. The van der Waals surface area contributed by atoms with Gasteiger partial charge in [-0.25, -0.2) is 0 Å². The number of methoxy groups -OCH3 is 1. The molecule has 2 amide bonds. The molecule has 0 aliphatic carbocycles. The van der Waals surface area contributed by atoms with Crippen LogP contribution in [0, 0.1) is 0 Å². The number of ether oxygens (including phenoxy) is 1. The van der Waals surface area contributed by atoms with E-state index in [1.54, 1.807) is 29.2 Å². The van der Waals surface area contributed by atoms with Gasteiger partial charge in [0.05, 0.1) is 12.7 Å². The summed E-state index contributed by atoms with van der Waals surface area (Å²) in [5, 5.41) is 2.74. The largest absolute Gasteiger partial charge is 0.496 e. The molecule has 1 aromatic carbocycles. The SMILES string of the molecule is CCN(CC)C(=O)CCNC(=O)c1ccccc1OC. The van der Waals surface area contributed by atoms with Crippen LogP contribution < -0.4 is 10.1 Å². The lowest BCUT2D eigenvalue weighted by Crippen LogP contribution is -2.34. The summed E-state index contributed by atoms with van der Waals surface area (Å²) < 4.78 is 5.13. The average Bonchev–Trinajstić information content (AvgIpc) is 2.48. The van der Waals surface area contributed by atoms with Gasteiger partial charge in [-0.3, -0.25) is 9.59 Å². The highest BCUT2D eigenvalue weighted by Crippen LogP contribution is 2.16. The molecule has 0 heterocycles. The summed E-state index contributed by atoms with van der Waals surface area (Å²) in [7, 11) is 1.52. The van der Waals surface area contributed by atoms with Crippen molar-refractivity contribution < 1.29 is 14.3 Å². The fourth-order valence-electron chi connectivity index (χ4n) is 1.94. The van der Waals surface area contributed by atoms with Crippen LogP contribution in [0.1, 0.15) is 30.6 Å². The quantitative estimate of drug-likeness (QED) is 0.825. The van der Waals surface area contributed by atoms with E-state index in [2.05, 4.69) is 5.32 Å². The van der Waals surface area contributed by atoms with Crippen molar-refractivity contribution in [2.75, 3.05) is 26.7 Å². The third-order valence-electron chi connectivity index (χ3n) is 3.09. The molecule has 0 aromatic heterocycles. The van der Waals surface area contributed by atoms with Gasteiger partial charge in [-0.05, 0) is 26.0 Å². The average molecular weight is 278 g/mol. The lowest BCUT2D eigenvalue weighted by molar-refractivity contribution is -0.130. The Balaban J connectivity index is 2.50. The Morgan fingerprint density at radius 2 is 1.85 bits per heavy atom. The summed E-state index contributed by atoms with van der Waals surface area (Å²) >= 11 is 0. The number of nitrogens with zero attached hydrogens (tertiary/aromatic N) is 1. The Morgan fingerprint density at radius 3 is 2.45 bits per heavy atom. The Kier molecular flexibility index (Phi) is 6.56. The maximum atomic E-state index is 12.0. The number of amides is 2. The lowest BCUT2D eigenvalue weighted by Gasteiger charge is -2.18. The Labute approximate surface area is 119 Å². The molecule has 0 fully saturated rings. The molecule has 0 unspecified atom stereocenters. The molecule has 1 N–H and O–H groups in total. The van der Waals surface area contributed by atoms with Gasteiger partial charge in [0.15, 0.2) is 0 Å². The molecule has 0 aliphatic rings. The van der Waals surface area contributed by atoms with Gasteiger partial charge in [0.1, 0.15) is 5.75 Å². The summed E-state index contributed by atoms with van der Waals surface area (Å²) in [6.07, 6.45) is 0.308. The summed E-state index contributed by atoms with van der Waals surface area (Å²) in [6, 6.07) is 7.01. The molecule has 5 nitrogen and oxygen atoms in total. The van der Waals surface area contributed by atoms with Crippen molar-refractivity contribution in [3.05, 3.63) is 29.8 Å². The number of rotatable bonds is 7. The van der Waals surface area contributed by atoms with Crippen molar-refractivity contribution in [2.45, 2.75) is 20.3 Å². The fourth-order valence-corrected chi connectivity index (χ4v) is 1.94. The van der Waals surface area contributed by atoms with Gasteiger partial charge in [0.2, 0.25) is 5.91 Å². The van der Waals surface area contributed by atoms with Crippen molar-refractivity contribution in [3.8, 4) is 5.75 Å². The molecule has 1 aromatic rings. The number of hydrogen-bond acceptors (Lipinski definition) is 3. The predicted octanol–water partition coefficient (Wildman–Crippen LogP) is 1.68. The van der Waals surface area contributed by atoms with Crippen LogP contribution in [-0.4, -0.2) is 43.5 Å². The van der Waals surface area contributed by atoms with E-state index in [0.717, 1.165) is 0 Å². The van der Waals surface area contributed by atoms with Gasteiger partial charge in [0.25, 0.3) is 5.91 Å². The van der Waals surface area contributed by atoms with Crippen molar-refractivity contribution in [3.63, 3.8) is 0 Å². The molecule has 1 rings (SSSR count). The zero-order chi connectivity index (χ0) is 15.0. The number of nitrogens with one attached hydrogen (secondary N) is 1.